The van der Waals surface area contributed by atoms with E-state index in [-0.39, 0.29) is 22.0 Å². The zero-order valence-electron chi connectivity index (χ0n) is 25.8. The number of nitrogens with zero attached hydrogens (tertiary/aromatic N) is 1. The highest BCUT2D eigenvalue weighted by atomic mass is 32.2. The van der Waals surface area contributed by atoms with Crippen LogP contribution in [0.3, 0.4) is 0 Å². The van der Waals surface area contributed by atoms with Crippen LogP contribution in [0, 0.1) is 0 Å². The van der Waals surface area contributed by atoms with Gasteiger partial charge in [0.2, 0.25) is 10.0 Å². The smallest absolute Gasteiger partial charge is 0.330 e. The Morgan fingerprint density at radius 1 is 1.04 bits per heavy atom. The Morgan fingerprint density at radius 2 is 1.69 bits per heavy atom. The molecule has 3 aromatic rings. The van der Waals surface area contributed by atoms with Crippen LogP contribution in [0.1, 0.15) is 64.0 Å². The topological polar surface area (TPSA) is 145 Å². The predicted molar refractivity (Wildman–Crippen MR) is 176 cm³/mol. The summed E-state index contributed by atoms with van der Waals surface area (Å²) in [7, 11) is -4.02. The number of rotatable bonds is 14. The number of phenolic OH excluding ortho intramolecular Hbond substituents is 1. The van der Waals surface area contributed by atoms with Gasteiger partial charge >= 0.3 is 5.97 Å². The summed E-state index contributed by atoms with van der Waals surface area (Å²) < 4.78 is 37.2. The lowest BCUT2D eigenvalue weighted by molar-refractivity contribution is -0.142. The van der Waals surface area contributed by atoms with Crippen LogP contribution in [0.5, 0.6) is 11.5 Å². The molecule has 4 rings (SSSR count). The highest BCUT2D eigenvalue weighted by Gasteiger charge is 2.42. The lowest BCUT2D eigenvalue weighted by Crippen LogP contribution is -2.53. The fraction of sp³-hybridized carbons (Fsp3) is 0.394. The van der Waals surface area contributed by atoms with Gasteiger partial charge in [-0.1, -0.05) is 69.9 Å². The zero-order chi connectivity index (χ0) is 32.6. The van der Waals surface area contributed by atoms with Gasteiger partial charge in [-0.2, -0.15) is 0 Å². The summed E-state index contributed by atoms with van der Waals surface area (Å²) in [6.45, 7) is 4.10. The molecule has 0 bridgehead atoms. The molecule has 0 saturated heterocycles. The Bertz CT molecular complexity index is 1570. The van der Waals surface area contributed by atoms with Crippen molar-refractivity contribution in [3.63, 3.8) is 0 Å². The molecule has 0 aromatic heterocycles. The van der Waals surface area contributed by atoms with Crippen molar-refractivity contribution in [2.75, 3.05) is 24.3 Å². The van der Waals surface area contributed by atoms with Gasteiger partial charge in [-0.15, -0.1) is 11.8 Å². The number of amides is 1. The number of anilines is 2. The van der Waals surface area contributed by atoms with Crippen LogP contribution in [0.15, 0.2) is 76.5 Å². The number of unbranched alkanes of at least 4 members (excludes halogenated alkanes) is 2. The van der Waals surface area contributed by atoms with Crippen LogP contribution in [-0.4, -0.2) is 55.5 Å². The van der Waals surface area contributed by atoms with Gasteiger partial charge in [0, 0.05) is 18.3 Å². The number of hydrogen-bond acceptors (Lipinski definition) is 8. The molecule has 0 fully saturated rings. The Balaban J connectivity index is 1.70. The largest absolute Gasteiger partial charge is 0.508 e. The summed E-state index contributed by atoms with van der Waals surface area (Å²) >= 11 is 1.35. The lowest BCUT2D eigenvalue weighted by atomic mass is 9.87. The molecule has 4 N–H and O–H groups in total. The number of ether oxygens (including phenoxy) is 1. The second-order valence-corrected chi connectivity index (χ2v) is 13.7. The van der Waals surface area contributed by atoms with Gasteiger partial charge in [0.25, 0.3) is 5.91 Å². The molecule has 10 nitrogen and oxygen atoms in total. The lowest BCUT2D eigenvalue weighted by Gasteiger charge is -2.37. The van der Waals surface area contributed by atoms with E-state index in [2.05, 4.69) is 28.8 Å². The fourth-order valence-electron chi connectivity index (χ4n) is 5.54. The van der Waals surface area contributed by atoms with Crippen LogP contribution < -0.4 is 19.7 Å². The summed E-state index contributed by atoms with van der Waals surface area (Å²) in [6, 6.07) is 17.1. The number of nitrogens with one attached hydrogen (secondary N) is 2. The highest BCUT2D eigenvalue weighted by molar-refractivity contribution is 7.98. The van der Waals surface area contributed by atoms with Gasteiger partial charge in [-0.05, 0) is 55.0 Å². The molecular formula is C33H41N3O7S2. The third kappa shape index (κ3) is 8.30. The summed E-state index contributed by atoms with van der Waals surface area (Å²) in [5.74, 6) is -1.83. The van der Waals surface area contributed by atoms with Crippen molar-refractivity contribution in [3.8, 4) is 11.5 Å². The number of aromatic hydroxyl groups is 1. The second kappa shape index (κ2) is 15.0. The van der Waals surface area contributed by atoms with Gasteiger partial charge in [-0.3, -0.25) is 4.79 Å². The minimum atomic E-state index is -4.02. The zero-order valence-corrected chi connectivity index (χ0v) is 27.4. The van der Waals surface area contributed by atoms with Gasteiger partial charge in [0.15, 0.2) is 12.6 Å². The number of fused-ring (bicyclic) bond motifs is 1. The first kappa shape index (κ1) is 34.1. The van der Waals surface area contributed by atoms with Gasteiger partial charge in [0.1, 0.15) is 16.4 Å². The number of carboxylic acid groups (broad SMARTS) is 1. The predicted octanol–water partition coefficient (Wildman–Crippen LogP) is 5.98. The van der Waals surface area contributed by atoms with Crippen molar-refractivity contribution in [2.24, 2.45) is 0 Å². The van der Waals surface area contributed by atoms with Crippen molar-refractivity contribution in [2.45, 2.75) is 73.7 Å². The van der Waals surface area contributed by atoms with Crippen molar-refractivity contribution in [1.82, 2.24) is 10.0 Å². The first-order chi connectivity index (χ1) is 21.5. The molecule has 1 aliphatic rings. The molecule has 0 spiro atoms. The van der Waals surface area contributed by atoms with Crippen LogP contribution in [0.25, 0.3) is 0 Å². The van der Waals surface area contributed by atoms with Gasteiger partial charge in [0.05, 0.1) is 16.1 Å². The van der Waals surface area contributed by atoms with E-state index in [4.69, 9.17) is 4.74 Å². The van der Waals surface area contributed by atoms with Crippen LogP contribution >= 0.6 is 11.8 Å². The molecule has 1 amide bonds. The second-order valence-electron chi connectivity index (χ2n) is 11.2. The monoisotopic (exact) mass is 655 g/mol. The van der Waals surface area contributed by atoms with E-state index in [0.29, 0.717) is 30.0 Å². The van der Waals surface area contributed by atoms with E-state index >= 15 is 0 Å². The summed E-state index contributed by atoms with van der Waals surface area (Å²) in [6.07, 6.45) is 6.80. The number of sulfonamides is 1. The normalized spacial score (nSPS) is 15.8. The Kier molecular flexibility index (Phi) is 11.4. The van der Waals surface area contributed by atoms with Crippen molar-refractivity contribution >= 4 is 45.0 Å². The van der Waals surface area contributed by atoms with Gasteiger partial charge in [-0.25, -0.2) is 17.9 Å². The van der Waals surface area contributed by atoms with Crippen molar-refractivity contribution in [1.29, 1.82) is 0 Å². The summed E-state index contributed by atoms with van der Waals surface area (Å²) in [5, 5.41) is 21.7. The van der Waals surface area contributed by atoms with E-state index < -0.39 is 40.1 Å². The molecule has 0 aliphatic carbocycles. The fourth-order valence-corrected chi connectivity index (χ4v) is 7.75. The molecule has 1 atom stereocenters. The maximum Gasteiger partial charge on any atom is 0.330 e. The highest BCUT2D eigenvalue weighted by Crippen LogP contribution is 2.44. The molecule has 12 heteroatoms. The molecule has 242 valence electrons. The van der Waals surface area contributed by atoms with Crippen molar-refractivity contribution in [3.05, 3.63) is 72.3 Å². The van der Waals surface area contributed by atoms with Crippen LogP contribution in [-0.2, 0) is 19.6 Å². The van der Waals surface area contributed by atoms with Crippen LogP contribution in [0.2, 0.25) is 0 Å². The summed E-state index contributed by atoms with van der Waals surface area (Å²) in [5.41, 5.74) is 0.962. The van der Waals surface area contributed by atoms with Crippen LogP contribution in [0.4, 0.5) is 11.4 Å². The average Bonchev–Trinajstić information content (AvgIpc) is 3.12. The minimum absolute atomic E-state index is 0.0337. The number of para-hydroxylation sites is 1. The summed E-state index contributed by atoms with van der Waals surface area (Å²) in [4.78, 5) is 27.5. The Hall–Kier alpha value is -3.74. The number of thioether (sulfide) groups is 1. The standard InChI is InChI=1S/C33H41N3O7S2/c1-4-6-17-33(18-7-5-2)22-36(24-11-9-8-10-12-24)26-19-28(44-3)27(20-29(26)45(41,42)35-33)43-21-30(38)34-31(32(39)40)23-13-15-25(37)16-14-23/h8-16,19-20,31,35,37H,4-7,17-18,21-22H2,1-3H3,(H,34,38)(H,39,40). The molecule has 3 aromatic carbocycles. The number of carbonyl (C=O) groups is 2. The molecule has 1 aliphatic heterocycles. The Labute approximate surface area is 269 Å². The quantitative estimate of drug-likeness (QED) is 0.154. The molecule has 1 heterocycles. The molecular weight excluding hydrogens is 615 g/mol. The van der Waals surface area contributed by atoms with E-state index in [1.54, 1.807) is 6.07 Å². The SMILES string of the molecule is CCCCC1(CCCC)CN(c2ccccc2)c2cc(SC)c(OCC(=O)NC(C(=O)O)c3ccc(O)cc3)cc2S(=O)(=O)N1. The number of hydrogen-bond donors (Lipinski definition) is 4. The van der Waals surface area contributed by atoms with E-state index in [9.17, 15) is 28.2 Å². The number of aliphatic carboxylic acids is 1. The molecule has 45 heavy (non-hydrogen) atoms. The van der Waals surface area contributed by atoms with E-state index in [1.807, 2.05) is 36.6 Å². The molecule has 1 unspecified atom stereocenters. The first-order valence-corrected chi connectivity index (χ1v) is 17.8. The third-order valence-corrected chi connectivity index (χ3v) is 10.2. The number of phenols is 1. The van der Waals surface area contributed by atoms with E-state index in [0.717, 1.165) is 31.4 Å². The number of carbonyl (C=O) groups excluding carboxylic acids is 1. The minimum Gasteiger partial charge on any atom is -0.508 e. The van der Waals surface area contributed by atoms with E-state index in [1.165, 1.54) is 42.1 Å². The number of benzene rings is 3. The number of carboxylic acids is 1. The molecule has 0 saturated carbocycles. The maximum absolute atomic E-state index is 14.1. The maximum atomic E-state index is 14.1. The Morgan fingerprint density at radius 3 is 2.27 bits per heavy atom. The first-order valence-electron chi connectivity index (χ1n) is 15.0. The average molecular weight is 656 g/mol. The van der Waals surface area contributed by atoms with Crippen molar-refractivity contribution < 1.29 is 33.0 Å². The molecule has 0 radical (unpaired) electrons. The third-order valence-electron chi connectivity index (χ3n) is 7.86. The van der Waals surface area contributed by atoms with Gasteiger partial charge < -0.3 is 25.2 Å².